The molecule has 5 heteroatoms. The van der Waals surface area contributed by atoms with Gasteiger partial charge in [-0.25, -0.2) is 0 Å². The van der Waals surface area contributed by atoms with Crippen LogP contribution >= 0.6 is 0 Å². The molecule has 0 aliphatic heterocycles. The summed E-state index contributed by atoms with van der Waals surface area (Å²) >= 11 is 0. The van der Waals surface area contributed by atoms with Gasteiger partial charge in [0, 0.05) is 18.6 Å². The van der Waals surface area contributed by atoms with E-state index in [1.165, 1.54) is 6.92 Å². The van der Waals surface area contributed by atoms with E-state index in [9.17, 15) is 14.7 Å². The molecule has 0 aliphatic carbocycles. The normalized spacial score (nSPS) is 9.06. The van der Waals surface area contributed by atoms with E-state index in [2.05, 4.69) is 5.32 Å². The van der Waals surface area contributed by atoms with E-state index in [0.29, 0.717) is 12.1 Å². The largest absolute Gasteiger partial charge is 1.00 e. The van der Waals surface area contributed by atoms with Crippen LogP contribution in [0.25, 0.3) is 0 Å². The molecule has 1 N–H and O–H groups in total. The van der Waals surface area contributed by atoms with Gasteiger partial charge in [-0.3, -0.25) is 4.79 Å². The molecule has 80 valence electrons. The summed E-state index contributed by atoms with van der Waals surface area (Å²) in [5.41, 5.74) is 1.62. The second kappa shape index (κ2) is 7.97. The summed E-state index contributed by atoms with van der Waals surface area (Å²) in [5, 5.41) is 12.8. The number of rotatable bonds is 4. The molecule has 0 radical (unpaired) electrons. The van der Waals surface area contributed by atoms with E-state index in [-0.39, 0.29) is 63.7 Å². The Morgan fingerprint density at radius 2 is 1.81 bits per heavy atom. The molecule has 0 aliphatic rings. The predicted octanol–water partition coefficient (Wildman–Crippen LogP) is -2.67. The molecule has 0 aromatic heterocycles. The number of aryl methyl sites for hydroxylation is 1. The Balaban J connectivity index is 0.00000225. The molecule has 0 spiro atoms. The molecule has 0 heterocycles. The predicted molar refractivity (Wildman–Crippen MR) is 54.1 cm³/mol. The maximum Gasteiger partial charge on any atom is 1.00 e. The van der Waals surface area contributed by atoms with Crippen molar-refractivity contribution in [2.24, 2.45) is 0 Å². The van der Waals surface area contributed by atoms with Gasteiger partial charge in [0.1, 0.15) is 0 Å². The topological polar surface area (TPSA) is 69.2 Å². The van der Waals surface area contributed by atoms with Crippen LogP contribution in [0.3, 0.4) is 0 Å². The summed E-state index contributed by atoms with van der Waals surface area (Å²) < 4.78 is 0. The van der Waals surface area contributed by atoms with Gasteiger partial charge in [0.15, 0.2) is 0 Å². The Kier molecular flexibility index (Phi) is 7.87. The Bertz CT molecular complexity index is 362. The minimum Gasteiger partial charge on any atom is -0.550 e. The molecular formula is C11H12KNO3. The van der Waals surface area contributed by atoms with Crippen LogP contribution in [0.2, 0.25) is 0 Å². The first-order chi connectivity index (χ1) is 7.08. The van der Waals surface area contributed by atoms with Crippen molar-refractivity contribution in [3.63, 3.8) is 0 Å². The standard InChI is InChI=1S/C11H13NO3.K/c1-8(13)12-10-5-2-9(3-6-10)4-7-11(14)15;/h2-3,5-6H,4,7H2,1H3,(H,12,13)(H,14,15);/q;+1/p-1. The molecule has 4 nitrogen and oxygen atoms in total. The third kappa shape index (κ3) is 6.39. The fourth-order valence-electron chi connectivity index (χ4n) is 1.20. The maximum atomic E-state index is 10.7. The number of carboxylic acid groups (broad SMARTS) is 1. The van der Waals surface area contributed by atoms with Gasteiger partial charge < -0.3 is 15.2 Å². The van der Waals surface area contributed by atoms with Crippen LogP contribution in [0.5, 0.6) is 0 Å². The average molecular weight is 245 g/mol. The minimum atomic E-state index is -1.05. The van der Waals surface area contributed by atoms with E-state index in [1.54, 1.807) is 24.3 Å². The first-order valence-electron chi connectivity index (χ1n) is 4.64. The second-order valence-electron chi connectivity index (χ2n) is 3.25. The van der Waals surface area contributed by atoms with Gasteiger partial charge in [0.25, 0.3) is 0 Å². The quantitative estimate of drug-likeness (QED) is 0.588. The van der Waals surface area contributed by atoms with Crippen LogP contribution in [0.15, 0.2) is 24.3 Å². The number of carbonyl (C=O) groups excluding carboxylic acids is 2. The van der Waals surface area contributed by atoms with Gasteiger partial charge in [-0.05, 0) is 30.5 Å². The van der Waals surface area contributed by atoms with Crippen molar-refractivity contribution in [3.05, 3.63) is 29.8 Å². The van der Waals surface area contributed by atoms with Crippen LogP contribution in [0.1, 0.15) is 18.9 Å². The van der Waals surface area contributed by atoms with Crippen molar-refractivity contribution in [1.29, 1.82) is 0 Å². The van der Waals surface area contributed by atoms with Gasteiger partial charge in [-0.1, -0.05) is 12.1 Å². The number of hydrogen-bond acceptors (Lipinski definition) is 3. The monoisotopic (exact) mass is 245 g/mol. The summed E-state index contributed by atoms with van der Waals surface area (Å²) in [5.74, 6) is -1.18. The fraction of sp³-hybridized carbons (Fsp3) is 0.273. The second-order valence-corrected chi connectivity index (χ2v) is 3.25. The molecule has 1 amide bonds. The zero-order valence-corrected chi connectivity index (χ0v) is 12.6. The molecule has 0 saturated heterocycles. The van der Waals surface area contributed by atoms with Crippen molar-refractivity contribution in [2.75, 3.05) is 5.32 Å². The maximum absolute atomic E-state index is 10.7. The SMILES string of the molecule is CC(=O)Nc1ccc(CCC(=O)[O-])cc1.[K+]. The van der Waals surface area contributed by atoms with Gasteiger partial charge in [0.05, 0.1) is 0 Å². The first kappa shape index (κ1) is 15.8. The number of hydrogen-bond donors (Lipinski definition) is 1. The van der Waals surface area contributed by atoms with Gasteiger partial charge >= 0.3 is 51.4 Å². The van der Waals surface area contributed by atoms with Crippen LogP contribution in [0.4, 0.5) is 5.69 Å². The summed E-state index contributed by atoms with van der Waals surface area (Å²) in [6.45, 7) is 1.43. The van der Waals surface area contributed by atoms with Crippen molar-refractivity contribution in [3.8, 4) is 0 Å². The van der Waals surface area contributed by atoms with Crippen LogP contribution < -0.4 is 61.8 Å². The van der Waals surface area contributed by atoms with Gasteiger partial charge in [0.2, 0.25) is 5.91 Å². The molecule has 0 fully saturated rings. The summed E-state index contributed by atoms with van der Waals surface area (Å²) in [6.07, 6.45) is 0.460. The van der Waals surface area contributed by atoms with Crippen LogP contribution in [-0.4, -0.2) is 11.9 Å². The van der Waals surface area contributed by atoms with E-state index in [1.807, 2.05) is 0 Å². The number of carboxylic acids is 1. The summed E-state index contributed by atoms with van der Waals surface area (Å²) in [4.78, 5) is 20.9. The van der Waals surface area contributed by atoms with Crippen molar-refractivity contribution in [2.45, 2.75) is 19.8 Å². The smallest absolute Gasteiger partial charge is 0.550 e. The molecule has 16 heavy (non-hydrogen) atoms. The van der Waals surface area contributed by atoms with Gasteiger partial charge in [-0.2, -0.15) is 0 Å². The first-order valence-corrected chi connectivity index (χ1v) is 4.64. The fourth-order valence-corrected chi connectivity index (χ4v) is 1.20. The molecule has 0 atom stereocenters. The number of amides is 1. The van der Waals surface area contributed by atoms with E-state index >= 15 is 0 Å². The Morgan fingerprint density at radius 1 is 1.25 bits per heavy atom. The number of anilines is 1. The Labute approximate surface area is 137 Å². The van der Waals surface area contributed by atoms with Crippen molar-refractivity contribution in [1.82, 2.24) is 0 Å². The minimum absolute atomic E-state index is 0. The van der Waals surface area contributed by atoms with E-state index in [0.717, 1.165) is 5.56 Å². The number of aliphatic carboxylic acids is 1. The van der Waals surface area contributed by atoms with Crippen LogP contribution in [0, 0.1) is 0 Å². The third-order valence-electron chi connectivity index (χ3n) is 1.89. The molecule has 1 rings (SSSR count). The number of carbonyl (C=O) groups is 2. The molecule has 0 unspecified atom stereocenters. The molecule has 0 bridgehead atoms. The molecular weight excluding hydrogens is 233 g/mol. The zero-order chi connectivity index (χ0) is 11.3. The van der Waals surface area contributed by atoms with Gasteiger partial charge in [-0.15, -0.1) is 0 Å². The Hall–Kier alpha value is -0.204. The van der Waals surface area contributed by atoms with Crippen molar-refractivity contribution < 1.29 is 66.1 Å². The summed E-state index contributed by atoms with van der Waals surface area (Å²) in [7, 11) is 0. The van der Waals surface area contributed by atoms with Crippen LogP contribution in [-0.2, 0) is 16.0 Å². The average Bonchev–Trinajstić information content (AvgIpc) is 2.16. The van der Waals surface area contributed by atoms with Crippen molar-refractivity contribution >= 4 is 17.6 Å². The number of nitrogens with one attached hydrogen (secondary N) is 1. The van der Waals surface area contributed by atoms with E-state index in [4.69, 9.17) is 0 Å². The zero-order valence-electron chi connectivity index (χ0n) is 9.45. The summed E-state index contributed by atoms with van der Waals surface area (Å²) in [6, 6.07) is 7.06. The Morgan fingerprint density at radius 3 is 2.25 bits per heavy atom. The van der Waals surface area contributed by atoms with E-state index < -0.39 is 5.97 Å². The number of benzene rings is 1. The molecule has 0 saturated carbocycles. The third-order valence-corrected chi connectivity index (χ3v) is 1.89. The molecule has 1 aromatic rings. The molecule has 1 aromatic carbocycles.